The molecule has 110 valence electrons. The van der Waals surface area contributed by atoms with Gasteiger partial charge in [0.05, 0.1) is 5.92 Å². The van der Waals surface area contributed by atoms with E-state index in [-0.39, 0.29) is 17.9 Å². The smallest absolute Gasteiger partial charge is 0.225 e. The summed E-state index contributed by atoms with van der Waals surface area (Å²) in [6.45, 7) is 4.33. The first-order valence-corrected chi connectivity index (χ1v) is 7.07. The molecule has 4 heteroatoms. The van der Waals surface area contributed by atoms with Crippen molar-refractivity contribution < 1.29 is 4.79 Å². The summed E-state index contributed by atoms with van der Waals surface area (Å²) in [7, 11) is 0. The summed E-state index contributed by atoms with van der Waals surface area (Å²) in [5.74, 6) is -0.334. The van der Waals surface area contributed by atoms with E-state index >= 15 is 0 Å². The molecule has 2 aromatic rings. The van der Waals surface area contributed by atoms with Crippen molar-refractivity contribution in [1.29, 1.82) is 0 Å². The van der Waals surface area contributed by atoms with Crippen LogP contribution in [-0.4, -0.2) is 10.9 Å². The fraction of sp³-hybridized carbons (Fsp3) is 0.294. The molecular weight excluding hydrogens is 262 g/mol. The largest absolute Gasteiger partial charge is 0.352 e. The van der Waals surface area contributed by atoms with Crippen LogP contribution in [0.15, 0.2) is 48.8 Å². The molecule has 1 aromatic heterocycles. The molecule has 2 atom stereocenters. The van der Waals surface area contributed by atoms with Crippen LogP contribution in [0.2, 0.25) is 0 Å². The number of pyridine rings is 1. The van der Waals surface area contributed by atoms with E-state index in [0.29, 0.717) is 6.54 Å². The minimum absolute atomic E-state index is 0.0467. The predicted molar refractivity (Wildman–Crippen MR) is 83.4 cm³/mol. The van der Waals surface area contributed by atoms with Crippen molar-refractivity contribution in [1.82, 2.24) is 10.3 Å². The average Bonchev–Trinajstić information content (AvgIpc) is 2.53. The van der Waals surface area contributed by atoms with Gasteiger partial charge < -0.3 is 11.1 Å². The van der Waals surface area contributed by atoms with Gasteiger partial charge in [-0.25, -0.2) is 0 Å². The number of benzene rings is 1. The van der Waals surface area contributed by atoms with Gasteiger partial charge >= 0.3 is 0 Å². The normalized spacial score (nSPS) is 13.5. The first-order chi connectivity index (χ1) is 10.1. The highest BCUT2D eigenvalue weighted by atomic mass is 16.1. The zero-order chi connectivity index (χ0) is 15.2. The van der Waals surface area contributed by atoms with E-state index in [9.17, 15) is 4.79 Å². The number of carbonyl (C=O) groups excluding carboxylic acids is 1. The lowest BCUT2D eigenvalue weighted by atomic mass is 9.94. The molecule has 0 saturated carbocycles. The number of hydrogen-bond donors (Lipinski definition) is 2. The van der Waals surface area contributed by atoms with Crippen LogP contribution < -0.4 is 11.1 Å². The topological polar surface area (TPSA) is 68.0 Å². The molecule has 0 bridgehead atoms. The maximum atomic E-state index is 12.2. The predicted octanol–water partition coefficient (Wildman–Crippen LogP) is 2.34. The molecule has 0 fully saturated rings. The van der Waals surface area contributed by atoms with Crippen molar-refractivity contribution in [3.05, 3.63) is 65.5 Å². The van der Waals surface area contributed by atoms with Crippen LogP contribution in [0.3, 0.4) is 0 Å². The summed E-state index contributed by atoms with van der Waals surface area (Å²) in [5.41, 5.74) is 9.27. The second kappa shape index (κ2) is 6.99. The van der Waals surface area contributed by atoms with Gasteiger partial charge in [0.15, 0.2) is 0 Å². The van der Waals surface area contributed by atoms with Gasteiger partial charge in [-0.1, -0.05) is 37.3 Å². The molecule has 2 unspecified atom stereocenters. The summed E-state index contributed by atoms with van der Waals surface area (Å²) in [4.78, 5) is 16.3. The van der Waals surface area contributed by atoms with Gasteiger partial charge in [0.2, 0.25) is 5.91 Å². The molecule has 1 heterocycles. The third kappa shape index (κ3) is 3.89. The van der Waals surface area contributed by atoms with Crippen molar-refractivity contribution in [3.63, 3.8) is 0 Å². The number of amides is 1. The van der Waals surface area contributed by atoms with Crippen molar-refractivity contribution in [3.8, 4) is 0 Å². The third-order valence-electron chi connectivity index (χ3n) is 3.74. The van der Waals surface area contributed by atoms with Crippen LogP contribution in [0.4, 0.5) is 0 Å². The summed E-state index contributed by atoms with van der Waals surface area (Å²) < 4.78 is 0. The first kappa shape index (κ1) is 15.2. The maximum Gasteiger partial charge on any atom is 0.225 e. The lowest BCUT2D eigenvalue weighted by Crippen LogP contribution is -2.35. The van der Waals surface area contributed by atoms with Crippen LogP contribution >= 0.6 is 0 Å². The Morgan fingerprint density at radius 3 is 2.67 bits per heavy atom. The van der Waals surface area contributed by atoms with Gasteiger partial charge in [-0.05, 0) is 29.7 Å². The van der Waals surface area contributed by atoms with Gasteiger partial charge in [0, 0.05) is 25.0 Å². The Kier molecular flexibility index (Phi) is 5.06. The maximum absolute atomic E-state index is 12.2. The van der Waals surface area contributed by atoms with Crippen molar-refractivity contribution >= 4 is 5.91 Å². The van der Waals surface area contributed by atoms with Crippen LogP contribution in [-0.2, 0) is 11.3 Å². The second-order valence-electron chi connectivity index (χ2n) is 5.25. The molecule has 0 aliphatic rings. The Bertz CT molecular complexity index is 598. The van der Waals surface area contributed by atoms with Crippen molar-refractivity contribution in [2.75, 3.05) is 0 Å². The lowest BCUT2D eigenvalue weighted by molar-refractivity contribution is -0.125. The molecule has 0 aliphatic carbocycles. The number of aryl methyl sites for hydroxylation is 1. The highest BCUT2D eigenvalue weighted by Crippen LogP contribution is 2.19. The van der Waals surface area contributed by atoms with E-state index in [4.69, 9.17) is 5.73 Å². The zero-order valence-electron chi connectivity index (χ0n) is 12.4. The molecule has 1 aromatic carbocycles. The number of hydrogen-bond acceptors (Lipinski definition) is 3. The Labute approximate surface area is 125 Å². The minimum Gasteiger partial charge on any atom is -0.352 e. The monoisotopic (exact) mass is 283 g/mol. The van der Waals surface area contributed by atoms with Crippen LogP contribution in [0.1, 0.15) is 29.7 Å². The Hall–Kier alpha value is -2.20. The van der Waals surface area contributed by atoms with Crippen LogP contribution in [0.5, 0.6) is 0 Å². The number of rotatable bonds is 5. The molecule has 0 aliphatic heterocycles. The van der Waals surface area contributed by atoms with Crippen LogP contribution in [0.25, 0.3) is 0 Å². The third-order valence-corrected chi connectivity index (χ3v) is 3.74. The summed E-state index contributed by atoms with van der Waals surface area (Å²) in [5, 5.41) is 2.93. The van der Waals surface area contributed by atoms with E-state index in [2.05, 4.69) is 10.3 Å². The van der Waals surface area contributed by atoms with Gasteiger partial charge in [0.25, 0.3) is 0 Å². The Balaban J connectivity index is 1.95. The highest BCUT2D eigenvalue weighted by molar-refractivity contribution is 5.79. The summed E-state index contributed by atoms with van der Waals surface area (Å²) in [6.07, 6.45) is 3.52. The number of nitrogens with one attached hydrogen (secondary N) is 1. The van der Waals surface area contributed by atoms with Gasteiger partial charge in [0.1, 0.15) is 0 Å². The molecule has 3 N–H and O–H groups in total. The molecule has 2 rings (SSSR count). The molecule has 4 nitrogen and oxygen atoms in total. The van der Waals surface area contributed by atoms with Crippen molar-refractivity contribution in [2.45, 2.75) is 26.4 Å². The van der Waals surface area contributed by atoms with E-state index in [1.54, 1.807) is 12.4 Å². The molecule has 0 spiro atoms. The lowest BCUT2D eigenvalue weighted by Gasteiger charge is -2.20. The molecular formula is C17H21N3O. The number of nitrogens with zero attached hydrogens (tertiary/aromatic N) is 1. The fourth-order valence-electron chi connectivity index (χ4n) is 2.15. The van der Waals surface area contributed by atoms with E-state index in [1.807, 2.05) is 50.2 Å². The van der Waals surface area contributed by atoms with Gasteiger partial charge in [-0.2, -0.15) is 0 Å². The number of aromatic nitrogens is 1. The molecule has 1 amide bonds. The highest BCUT2D eigenvalue weighted by Gasteiger charge is 2.21. The number of nitrogens with two attached hydrogens (primary N) is 1. The number of carbonyl (C=O) groups is 1. The van der Waals surface area contributed by atoms with E-state index in [0.717, 1.165) is 16.7 Å². The molecule has 0 radical (unpaired) electrons. The van der Waals surface area contributed by atoms with E-state index < -0.39 is 0 Å². The Morgan fingerprint density at radius 2 is 2.00 bits per heavy atom. The SMILES string of the molecule is Cc1ccncc1CNC(=O)C(C)C(N)c1ccccc1. The quantitative estimate of drug-likeness (QED) is 0.885. The summed E-state index contributed by atoms with van der Waals surface area (Å²) in [6, 6.07) is 11.3. The van der Waals surface area contributed by atoms with Gasteiger partial charge in [-0.15, -0.1) is 0 Å². The zero-order valence-corrected chi connectivity index (χ0v) is 12.4. The Morgan fingerprint density at radius 1 is 1.29 bits per heavy atom. The average molecular weight is 283 g/mol. The standard InChI is InChI=1S/C17H21N3O/c1-12-8-9-19-10-15(12)11-20-17(21)13(2)16(18)14-6-4-3-5-7-14/h3-10,13,16H,11,18H2,1-2H3,(H,20,21). The van der Waals surface area contributed by atoms with Crippen LogP contribution in [0, 0.1) is 12.8 Å². The van der Waals surface area contributed by atoms with E-state index in [1.165, 1.54) is 0 Å². The first-order valence-electron chi connectivity index (χ1n) is 7.07. The summed E-state index contributed by atoms with van der Waals surface area (Å²) >= 11 is 0. The molecule has 21 heavy (non-hydrogen) atoms. The van der Waals surface area contributed by atoms with Crippen molar-refractivity contribution in [2.24, 2.45) is 11.7 Å². The second-order valence-corrected chi connectivity index (χ2v) is 5.25. The minimum atomic E-state index is -0.304. The van der Waals surface area contributed by atoms with Gasteiger partial charge in [-0.3, -0.25) is 9.78 Å². The molecule has 0 saturated heterocycles. The fourth-order valence-corrected chi connectivity index (χ4v) is 2.15.